The van der Waals surface area contributed by atoms with Gasteiger partial charge in [-0.1, -0.05) is 25.1 Å². The van der Waals surface area contributed by atoms with Crippen LogP contribution >= 0.6 is 0 Å². The van der Waals surface area contributed by atoms with Crippen LogP contribution in [0, 0.1) is 5.92 Å². The summed E-state index contributed by atoms with van der Waals surface area (Å²) < 4.78 is 0. The minimum Gasteiger partial charge on any atom is -0.337 e. The number of carbonyl (C=O) groups excluding carboxylic acids is 1. The fourth-order valence-corrected chi connectivity index (χ4v) is 3.92. The number of nitrogens with zero attached hydrogens (tertiary/aromatic N) is 4. The maximum atomic E-state index is 12.8. The van der Waals surface area contributed by atoms with E-state index in [1.54, 1.807) is 0 Å². The molecule has 0 N–H and O–H groups in total. The van der Waals surface area contributed by atoms with Crippen LogP contribution in [0.1, 0.15) is 42.2 Å². The highest BCUT2D eigenvalue weighted by Gasteiger charge is 2.25. The number of piperidine rings is 1. The van der Waals surface area contributed by atoms with Gasteiger partial charge in [0.05, 0.1) is 0 Å². The topological polar surface area (TPSA) is 49.3 Å². The highest BCUT2D eigenvalue weighted by molar-refractivity contribution is 5.93. The molecule has 1 aromatic heterocycles. The Bertz CT molecular complexity index is 776. The molecule has 1 unspecified atom stereocenters. The molecule has 0 saturated carbocycles. The second kappa shape index (κ2) is 6.82. The van der Waals surface area contributed by atoms with Gasteiger partial charge >= 0.3 is 0 Å². The van der Waals surface area contributed by atoms with Gasteiger partial charge in [-0.05, 0) is 43.2 Å². The first-order valence-electron chi connectivity index (χ1n) is 9.19. The molecule has 5 nitrogen and oxygen atoms in total. The van der Waals surface area contributed by atoms with Crippen LogP contribution in [0.3, 0.4) is 0 Å². The predicted molar refractivity (Wildman–Crippen MR) is 98.1 cm³/mol. The van der Waals surface area contributed by atoms with Gasteiger partial charge in [0.1, 0.15) is 17.8 Å². The van der Waals surface area contributed by atoms with E-state index < -0.39 is 0 Å². The Morgan fingerprint density at radius 2 is 2.04 bits per heavy atom. The van der Waals surface area contributed by atoms with E-state index in [1.165, 1.54) is 24.0 Å². The second-order valence-corrected chi connectivity index (χ2v) is 7.14. The minimum atomic E-state index is 0.0282. The van der Waals surface area contributed by atoms with Crippen molar-refractivity contribution in [1.82, 2.24) is 14.9 Å². The molecular weight excluding hydrogens is 312 g/mol. The largest absolute Gasteiger partial charge is 0.337 e. The first-order valence-corrected chi connectivity index (χ1v) is 9.19. The summed E-state index contributed by atoms with van der Waals surface area (Å²) in [5.41, 5.74) is 3.03. The Hall–Kier alpha value is -2.43. The number of para-hydroxylation sites is 1. The van der Waals surface area contributed by atoms with E-state index in [0.29, 0.717) is 11.6 Å². The lowest BCUT2D eigenvalue weighted by atomic mass is 10.00. The van der Waals surface area contributed by atoms with E-state index in [4.69, 9.17) is 0 Å². The third kappa shape index (κ3) is 3.23. The van der Waals surface area contributed by atoms with E-state index in [1.807, 2.05) is 11.0 Å². The van der Waals surface area contributed by atoms with Crippen molar-refractivity contribution in [2.45, 2.75) is 32.6 Å². The molecule has 1 atom stereocenters. The molecule has 1 saturated heterocycles. The molecule has 1 aromatic carbocycles. The third-order valence-electron chi connectivity index (χ3n) is 5.20. The summed E-state index contributed by atoms with van der Waals surface area (Å²) >= 11 is 0. The van der Waals surface area contributed by atoms with Crippen LogP contribution in [0.5, 0.6) is 0 Å². The molecule has 2 aliphatic rings. The van der Waals surface area contributed by atoms with Crippen molar-refractivity contribution in [3.8, 4) is 0 Å². The number of carbonyl (C=O) groups is 1. The molecule has 130 valence electrons. The van der Waals surface area contributed by atoms with Gasteiger partial charge in [-0.25, -0.2) is 9.97 Å². The fourth-order valence-electron chi connectivity index (χ4n) is 3.92. The average Bonchev–Trinajstić information content (AvgIpc) is 2.67. The van der Waals surface area contributed by atoms with Crippen molar-refractivity contribution in [2.24, 2.45) is 5.92 Å². The number of hydrogen-bond acceptors (Lipinski definition) is 4. The zero-order chi connectivity index (χ0) is 17.2. The molecule has 0 spiro atoms. The lowest BCUT2D eigenvalue weighted by molar-refractivity contribution is 0.0677. The minimum absolute atomic E-state index is 0.0282. The molecule has 4 rings (SSSR count). The van der Waals surface area contributed by atoms with E-state index in [9.17, 15) is 4.79 Å². The quantitative estimate of drug-likeness (QED) is 0.843. The number of rotatable bonds is 2. The van der Waals surface area contributed by atoms with Crippen LogP contribution in [0.25, 0.3) is 0 Å². The number of hydrogen-bond donors (Lipinski definition) is 0. The molecule has 3 heterocycles. The smallest absolute Gasteiger partial charge is 0.272 e. The average molecular weight is 336 g/mol. The number of anilines is 2. The molecule has 0 aliphatic carbocycles. The molecule has 5 heteroatoms. The molecule has 2 aromatic rings. The summed E-state index contributed by atoms with van der Waals surface area (Å²) in [5, 5.41) is 0. The predicted octanol–water partition coefficient (Wildman–Crippen LogP) is 3.43. The first kappa shape index (κ1) is 16.1. The number of benzene rings is 1. The first-order chi connectivity index (χ1) is 12.2. The van der Waals surface area contributed by atoms with Gasteiger partial charge in [0, 0.05) is 31.4 Å². The lowest BCUT2D eigenvalue weighted by Crippen LogP contribution is -2.39. The Balaban J connectivity index is 1.61. The molecule has 0 radical (unpaired) electrons. The summed E-state index contributed by atoms with van der Waals surface area (Å²) in [7, 11) is 0. The summed E-state index contributed by atoms with van der Waals surface area (Å²) in [6, 6.07) is 10.3. The van der Waals surface area contributed by atoms with Crippen LogP contribution in [0.15, 0.2) is 36.7 Å². The van der Waals surface area contributed by atoms with Crippen molar-refractivity contribution in [2.75, 3.05) is 24.5 Å². The number of aryl methyl sites for hydroxylation is 1. The highest BCUT2D eigenvalue weighted by atomic mass is 16.2. The van der Waals surface area contributed by atoms with E-state index in [2.05, 4.69) is 46.1 Å². The maximum Gasteiger partial charge on any atom is 0.272 e. The highest BCUT2D eigenvalue weighted by Crippen LogP contribution is 2.32. The molecule has 0 bridgehead atoms. The standard InChI is InChI=1S/C20H24N4O/c1-15-6-4-10-23(13-15)20(25)17-12-19(22-14-21-17)24-11-5-8-16-7-2-3-9-18(16)24/h2-3,7,9,12,14-15H,4-6,8,10-11,13H2,1H3. The lowest BCUT2D eigenvalue weighted by Gasteiger charge is -2.32. The van der Waals surface area contributed by atoms with Gasteiger partial charge in [0.2, 0.25) is 0 Å². The van der Waals surface area contributed by atoms with E-state index in [0.717, 1.165) is 44.7 Å². The van der Waals surface area contributed by atoms with Gasteiger partial charge in [0.25, 0.3) is 5.91 Å². The van der Waals surface area contributed by atoms with Crippen LogP contribution in [-0.4, -0.2) is 40.4 Å². The summed E-state index contributed by atoms with van der Waals surface area (Å²) in [4.78, 5) is 25.7. The molecule has 2 aliphatic heterocycles. The van der Waals surface area contributed by atoms with Crippen molar-refractivity contribution < 1.29 is 4.79 Å². The maximum absolute atomic E-state index is 12.8. The summed E-state index contributed by atoms with van der Waals surface area (Å²) in [6.07, 6.45) is 5.98. The Kier molecular flexibility index (Phi) is 4.38. The Morgan fingerprint density at radius 1 is 1.16 bits per heavy atom. The normalized spacial score (nSPS) is 20.3. The summed E-state index contributed by atoms with van der Waals surface area (Å²) in [6.45, 7) is 4.78. The number of amides is 1. The Labute approximate surface area is 148 Å². The van der Waals surface area contributed by atoms with Crippen LogP contribution in [0.4, 0.5) is 11.5 Å². The van der Waals surface area contributed by atoms with Gasteiger partial charge in [-0.3, -0.25) is 4.79 Å². The SMILES string of the molecule is CC1CCCN(C(=O)c2cc(N3CCCc4ccccc43)ncn2)C1. The van der Waals surface area contributed by atoms with Gasteiger partial charge in [-0.2, -0.15) is 0 Å². The van der Waals surface area contributed by atoms with Crippen molar-refractivity contribution in [3.05, 3.63) is 47.9 Å². The number of aromatic nitrogens is 2. The number of likely N-dealkylation sites (tertiary alicyclic amines) is 1. The molecule has 1 fully saturated rings. The summed E-state index contributed by atoms with van der Waals surface area (Å²) in [5.74, 6) is 1.41. The van der Waals surface area contributed by atoms with Crippen LogP contribution in [0.2, 0.25) is 0 Å². The zero-order valence-electron chi connectivity index (χ0n) is 14.7. The fraction of sp³-hybridized carbons (Fsp3) is 0.450. The van der Waals surface area contributed by atoms with Crippen molar-refractivity contribution >= 4 is 17.4 Å². The van der Waals surface area contributed by atoms with E-state index >= 15 is 0 Å². The number of fused-ring (bicyclic) bond motifs is 1. The monoisotopic (exact) mass is 336 g/mol. The third-order valence-corrected chi connectivity index (χ3v) is 5.20. The van der Waals surface area contributed by atoms with Gasteiger partial charge in [-0.15, -0.1) is 0 Å². The van der Waals surface area contributed by atoms with Gasteiger partial charge in [0.15, 0.2) is 0 Å². The van der Waals surface area contributed by atoms with Crippen molar-refractivity contribution in [3.63, 3.8) is 0 Å². The molecular formula is C20H24N4O. The zero-order valence-corrected chi connectivity index (χ0v) is 14.7. The second-order valence-electron chi connectivity index (χ2n) is 7.14. The van der Waals surface area contributed by atoms with Crippen LogP contribution < -0.4 is 4.90 Å². The molecule has 25 heavy (non-hydrogen) atoms. The Morgan fingerprint density at radius 3 is 2.92 bits per heavy atom. The van der Waals surface area contributed by atoms with Crippen LogP contribution in [-0.2, 0) is 6.42 Å². The van der Waals surface area contributed by atoms with Crippen molar-refractivity contribution in [1.29, 1.82) is 0 Å². The molecule has 1 amide bonds. The van der Waals surface area contributed by atoms with Gasteiger partial charge < -0.3 is 9.80 Å². The van der Waals surface area contributed by atoms with E-state index in [-0.39, 0.29) is 5.91 Å².